The first kappa shape index (κ1) is 29.2. The van der Waals surface area contributed by atoms with Crippen LogP contribution >= 0.6 is 0 Å². The van der Waals surface area contributed by atoms with Gasteiger partial charge in [-0.05, 0) is 44.1 Å². The van der Waals surface area contributed by atoms with Gasteiger partial charge >= 0.3 is 0 Å². The molecule has 2 atom stereocenters. The zero-order valence-corrected chi connectivity index (χ0v) is 23.0. The number of hydrogen-bond acceptors (Lipinski definition) is 9. The minimum atomic E-state index is -3.50. The molecule has 0 amide bonds. The van der Waals surface area contributed by atoms with Gasteiger partial charge in [0.1, 0.15) is 18.2 Å². The molecule has 0 bridgehead atoms. The van der Waals surface area contributed by atoms with Crippen molar-refractivity contribution in [3.05, 3.63) is 72.4 Å². The van der Waals surface area contributed by atoms with Crippen molar-refractivity contribution in [1.82, 2.24) is 20.4 Å². The number of halogens is 2. The first-order valence-electron chi connectivity index (χ1n) is 12.6. The summed E-state index contributed by atoms with van der Waals surface area (Å²) in [4.78, 5) is 8.96. The molecule has 2 unspecified atom stereocenters. The second-order valence-electron chi connectivity index (χ2n) is 9.50. The van der Waals surface area contributed by atoms with Gasteiger partial charge in [-0.25, -0.2) is 27.2 Å². The molecule has 9 nitrogen and oxygen atoms in total. The summed E-state index contributed by atoms with van der Waals surface area (Å²) in [6, 6.07) is 7.53. The standard InChI is InChI=1S/C28H31F2N5O4S/c1-17(14-32-18(2)13-29)4-9-23(19(3)30)24-12-26(39-35-24)27-28(31)33-15-25(34-27)20-5-7-21(8-6-20)40(36,37)22-10-11-38-16-22/h4-9,12,15,18,22,32H,1,10-11,13-14,16H2,2-3H3,(H2,31,33)/b9-4-,23-19-. The van der Waals surface area contributed by atoms with Gasteiger partial charge in [0.05, 0.1) is 28.6 Å². The van der Waals surface area contributed by atoms with E-state index in [9.17, 15) is 17.2 Å². The predicted octanol–water partition coefficient (Wildman–Crippen LogP) is 4.70. The minimum absolute atomic E-state index is 0.0753. The highest BCUT2D eigenvalue weighted by Gasteiger charge is 2.31. The molecule has 1 aliphatic rings. The number of nitrogens with zero attached hydrogens (tertiary/aromatic N) is 3. The molecular weight excluding hydrogens is 540 g/mol. The van der Waals surface area contributed by atoms with E-state index in [2.05, 4.69) is 27.0 Å². The number of sulfone groups is 1. The van der Waals surface area contributed by atoms with Crippen molar-refractivity contribution in [1.29, 1.82) is 0 Å². The number of benzene rings is 1. The first-order chi connectivity index (χ1) is 19.1. The molecule has 2 aromatic heterocycles. The van der Waals surface area contributed by atoms with Gasteiger partial charge in [-0.15, -0.1) is 0 Å². The number of aromatic nitrogens is 3. The van der Waals surface area contributed by atoms with E-state index in [4.69, 9.17) is 15.0 Å². The zero-order chi connectivity index (χ0) is 28.9. The summed E-state index contributed by atoms with van der Waals surface area (Å²) >= 11 is 0. The summed E-state index contributed by atoms with van der Waals surface area (Å²) < 4.78 is 63.4. The van der Waals surface area contributed by atoms with E-state index in [0.717, 1.165) is 0 Å². The van der Waals surface area contributed by atoms with E-state index in [0.29, 0.717) is 36.4 Å². The van der Waals surface area contributed by atoms with Crippen LogP contribution in [0.4, 0.5) is 14.6 Å². The molecule has 3 heterocycles. The molecular formula is C28H31F2N5O4S. The molecule has 0 spiro atoms. The topological polar surface area (TPSA) is 133 Å². The third-order valence-corrected chi connectivity index (χ3v) is 8.57. The Bertz CT molecular complexity index is 1520. The van der Waals surface area contributed by atoms with Crippen molar-refractivity contribution in [3.63, 3.8) is 0 Å². The molecule has 0 aliphatic carbocycles. The lowest BCUT2D eigenvalue weighted by Crippen LogP contribution is -2.29. The number of anilines is 1. The molecule has 3 N–H and O–H groups in total. The highest BCUT2D eigenvalue weighted by molar-refractivity contribution is 7.92. The van der Waals surface area contributed by atoms with Crippen LogP contribution in [0, 0.1) is 0 Å². The van der Waals surface area contributed by atoms with Crippen molar-refractivity contribution >= 4 is 21.2 Å². The van der Waals surface area contributed by atoms with Crippen LogP contribution in [0.15, 0.2) is 76.1 Å². The van der Waals surface area contributed by atoms with Crippen molar-refractivity contribution in [3.8, 4) is 22.7 Å². The van der Waals surface area contributed by atoms with Gasteiger partial charge < -0.3 is 20.3 Å². The highest BCUT2D eigenvalue weighted by Crippen LogP contribution is 2.31. The molecule has 40 heavy (non-hydrogen) atoms. The number of hydrogen-bond donors (Lipinski definition) is 2. The Morgan fingerprint density at radius 3 is 2.70 bits per heavy atom. The van der Waals surface area contributed by atoms with E-state index in [1.165, 1.54) is 37.4 Å². The highest BCUT2D eigenvalue weighted by atomic mass is 32.2. The Morgan fingerprint density at radius 1 is 1.30 bits per heavy atom. The van der Waals surface area contributed by atoms with E-state index in [1.807, 2.05) is 0 Å². The monoisotopic (exact) mass is 571 g/mol. The summed E-state index contributed by atoms with van der Waals surface area (Å²) in [5, 5.41) is 6.39. The Balaban J connectivity index is 1.55. The lowest BCUT2D eigenvalue weighted by molar-refractivity contribution is 0.198. The molecule has 3 aromatic rings. The van der Waals surface area contributed by atoms with E-state index in [-0.39, 0.29) is 46.1 Å². The summed E-state index contributed by atoms with van der Waals surface area (Å²) in [6.45, 7) is 7.34. The SMILES string of the molecule is C=C(/C=C\C(=C(/C)F)c1cc(-c2nc(-c3ccc(S(=O)(=O)C4CCOC4)cc3)cnc2N)on1)CNC(C)CF. The number of rotatable bonds is 11. The molecule has 4 rings (SSSR count). The maximum absolute atomic E-state index is 14.4. The lowest BCUT2D eigenvalue weighted by atomic mass is 10.1. The largest absolute Gasteiger partial charge is 0.382 e. The fourth-order valence-corrected chi connectivity index (χ4v) is 5.58. The van der Waals surface area contributed by atoms with Crippen LogP contribution in [0.25, 0.3) is 28.3 Å². The van der Waals surface area contributed by atoms with Gasteiger partial charge in [0, 0.05) is 36.4 Å². The van der Waals surface area contributed by atoms with Crippen molar-refractivity contribution in [2.24, 2.45) is 0 Å². The quantitative estimate of drug-likeness (QED) is 0.314. The number of nitrogen functional groups attached to an aromatic ring is 1. The summed E-state index contributed by atoms with van der Waals surface area (Å²) in [5.41, 5.74) is 8.32. The lowest BCUT2D eigenvalue weighted by Gasteiger charge is -2.10. The number of allylic oxidation sites excluding steroid dienone is 3. The molecule has 0 radical (unpaired) electrons. The van der Waals surface area contributed by atoms with Crippen LogP contribution in [-0.2, 0) is 14.6 Å². The first-order valence-corrected chi connectivity index (χ1v) is 14.2. The number of ether oxygens (including phenoxy) is 1. The van der Waals surface area contributed by atoms with Crippen LogP contribution in [0.1, 0.15) is 26.0 Å². The average Bonchev–Trinajstić information content (AvgIpc) is 3.66. The van der Waals surface area contributed by atoms with Gasteiger partial charge in [-0.3, -0.25) is 0 Å². The summed E-state index contributed by atoms with van der Waals surface area (Å²) in [7, 11) is -3.50. The molecule has 1 aliphatic heterocycles. The Labute approximate surface area is 231 Å². The van der Waals surface area contributed by atoms with Gasteiger partial charge in [0.2, 0.25) is 0 Å². The molecule has 0 saturated carbocycles. The molecule has 1 fully saturated rings. The fraction of sp³-hybridized carbons (Fsp3) is 0.321. The van der Waals surface area contributed by atoms with Crippen molar-refractivity contribution in [2.75, 3.05) is 32.2 Å². The summed E-state index contributed by atoms with van der Waals surface area (Å²) in [6.07, 6.45) is 5.06. The van der Waals surface area contributed by atoms with Gasteiger partial charge in [-0.2, -0.15) is 0 Å². The maximum atomic E-state index is 14.4. The van der Waals surface area contributed by atoms with E-state index in [1.54, 1.807) is 25.1 Å². The van der Waals surface area contributed by atoms with Crippen LogP contribution < -0.4 is 11.1 Å². The third-order valence-electron chi connectivity index (χ3n) is 6.39. The second kappa shape index (κ2) is 12.6. The molecule has 12 heteroatoms. The fourth-order valence-electron chi connectivity index (χ4n) is 3.99. The second-order valence-corrected chi connectivity index (χ2v) is 11.7. The van der Waals surface area contributed by atoms with Crippen LogP contribution in [-0.4, -0.2) is 61.3 Å². The van der Waals surface area contributed by atoms with Gasteiger partial charge in [0.25, 0.3) is 0 Å². The predicted molar refractivity (Wildman–Crippen MR) is 149 cm³/mol. The van der Waals surface area contributed by atoms with Crippen molar-refractivity contribution < 1.29 is 26.5 Å². The normalized spacial score (nSPS) is 17.2. The molecule has 1 saturated heterocycles. The van der Waals surface area contributed by atoms with E-state index < -0.39 is 27.6 Å². The minimum Gasteiger partial charge on any atom is -0.382 e. The Morgan fingerprint density at radius 2 is 2.05 bits per heavy atom. The number of nitrogens with one attached hydrogen (secondary N) is 1. The smallest absolute Gasteiger partial charge is 0.189 e. The summed E-state index contributed by atoms with van der Waals surface area (Å²) in [5.74, 6) is -0.251. The van der Waals surface area contributed by atoms with Gasteiger partial charge in [-0.1, -0.05) is 29.9 Å². The number of nitrogens with two attached hydrogens (primary N) is 1. The Kier molecular flexibility index (Phi) is 9.23. The third kappa shape index (κ3) is 6.69. The van der Waals surface area contributed by atoms with Crippen LogP contribution in [0.2, 0.25) is 0 Å². The number of alkyl halides is 1. The van der Waals surface area contributed by atoms with E-state index >= 15 is 0 Å². The molecule has 212 valence electrons. The van der Waals surface area contributed by atoms with Crippen LogP contribution in [0.5, 0.6) is 0 Å². The Hall–Kier alpha value is -3.74. The van der Waals surface area contributed by atoms with Crippen LogP contribution in [0.3, 0.4) is 0 Å². The maximum Gasteiger partial charge on any atom is 0.189 e. The van der Waals surface area contributed by atoms with Crippen molar-refractivity contribution in [2.45, 2.75) is 36.5 Å². The zero-order valence-electron chi connectivity index (χ0n) is 22.2. The van der Waals surface area contributed by atoms with Gasteiger partial charge in [0.15, 0.2) is 27.1 Å². The molecule has 1 aromatic carbocycles. The average molecular weight is 572 g/mol.